The largest absolute Gasteiger partial charge is 0.466 e. The van der Waals surface area contributed by atoms with Crippen molar-refractivity contribution in [3.63, 3.8) is 0 Å². The maximum absolute atomic E-state index is 14.2. The minimum absolute atomic E-state index is 0.104. The topological polar surface area (TPSA) is 153 Å². The van der Waals surface area contributed by atoms with E-state index in [1.807, 2.05) is 66.9 Å². The SMILES string of the molecule is CC(CCOC(=O)C[C@H](O)C[C@H](O)CCn1c(-c2ccc(F)cc2)c(-c2ccccc2)c(C(=O)Nc2ccccc2)c1C(C)C)O[N+](=O)[O-]. The van der Waals surface area contributed by atoms with E-state index in [1.165, 1.54) is 19.1 Å². The third-order valence-corrected chi connectivity index (χ3v) is 7.98. The zero-order valence-electron chi connectivity index (χ0n) is 27.8. The molecule has 0 bridgehead atoms. The maximum atomic E-state index is 14.2. The molecule has 3 N–H and O–H groups in total. The second kappa shape index (κ2) is 17.4. The van der Waals surface area contributed by atoms with Gasteiger partial charge >= 0.3 is 5.97 Å². The number of anilines is 1. The second-order valence-electron chi connectivity index (χ2n) is 12.2. The third kappa shape index (κ3) is 10.2. The van der Waals surface area contributed by atoms with E-state index in [0.717, 1.165) is 11.3 Å². The fraction of sp³-hybridized carbons (Fsp3) is 0.351. The number of rotatable bonds is 17. The summed E-state index contributed by atoms with van der Waals surface area (Å²) in [4.78, 5) is 41.2. The molecule has 1 heterocycles. The molecule has 12 heteroatoms. The molecule has 0 aliphatic heterocycles. The number of benzene rings is 3. The van der Waals surface area contributed by atoms with Crippen molar-refractivity contribution in [3.8, 4) is 22.4 Å². The molecule has 0 aliphatic carbocycles. The number of aromatic nitrogens is 1. The van der Waals surface area contributed by atoms with Crippen molar-refractivity contribution in [3.05, 3.63) is 112 Å². The lowest BCUT2D eigenvalue weighted by Gasteiger charge is -2.20. The number of amides is 1. The molecule has 0 aliphatic rings. The van der Waals surface area contributed by atoms with Gasteiger partial charge in [0.05, 0.1) is 36.5 Å². The summed E-state index contributed by atoms with van der Waals surface area (Å²) in [6, 6.07) is 24.6. The van der Waals surface area contributed by atoms with Gasteiger partial charge in [0, 0.05) is 29.9 Å². The Kier molecular flexibility index (Phi) is 13.0. The predicted octanol–water partition coefficient (Wildman–Crippen LogP) is 6.76. The summed E-state index contributed by atoms with van der Waals surface area (Å²) >= 11 is 0. The molecule has 0 fully saturated rings. The number of ether oxygens (including phenoxy) is 1. The van der Waals surface area contributed by atoms with Crippen molar-refractivity contribution >= 4 is 17.6 Å². The van der Waals surface area contributed by atoms with Crippen LogP contribution in [0.2, 0.25) is 0 Å². The van der Waals surface area contributed by atoms with Crippen molar-refractivity contribution in [2.75, 3.05) is 11.9 Å². The molecule has 11 nitrogen and oxygen atoms in total. The summed E-state index contributed by atoms with van der Waals surface area (Å²) in [7, 11) is 0. The Labute approximate surface area is 284 Å². The zero-order valence-corrected chi connectivity index (χ0v) is 27.8. The summed E-state index contributed by atoms with van der Waals surface area (Å²) in [6.07, 6.45) is -3.20. The van der Waals surface area contributed by atoms with Crippen molar-refractivity contribution in [2.45, 2.75) is 77.2 Å². The number of halogens is 1. The molecule has 0 saturated carbocycles. The number of hydrogen-bond donors (Lipinski definition) is 3. The van der Waals surface area contributed by atoms with Gasteiger partial charge in [-0.25, -0.2) is 4.39 Å². The Morgan fingerprint density at radius 3 is 2.14 bits per heavy atom. The minimum atomic E-state index is -1.20. The second-order valence-corrected chi connectivity index (χ2v) is 12.2. The zero-order chi connectivity index (χ0) is 35.5. The first-order chi connectivity index (χ1) is 23.4. The monoisotopic (exact) mass is 675 g/mol. The van der Waals surface area contributed by atoms with Gasteiger partial charge in [-0.2, -0.15) is 0 Å². The highest BCUT2D eigenvalue weighted by Crippen LogP contribution is 2.42. The fourth-order valence-electron chi connectivity index (χ4n) is 5.79. The van der Waals surface area contributed by atoms with Crippen LogP contribution in [0.3, 0.4) is 0 Å². The van der Waals surface area contributed by atoms with E-state index in [0.29, 0.717) is 28.1 Å². The van der Waals surface area contributed by atoms with Crippen LogP contribution >= 0.6 is 0 Å². The molecule has 1 unspecified atom stereocenters. The van der Waals surface area contributed by atoms with Crippen LogP contribution in [0.1, 0.15) is 68.4 Å². The molecule has 4 rings (SSSR count). The first-order valence-corrected chi connectivity index (χ1v) is 16.2. The van der Waals surface area contributed by atoms with E-state index < -0.39 is 35.2 Å². The number of carbonyl (C=O) groups is 2. The standard InChI is InChI=1S/C37H42FN3O8/c1-24(2)35-34(37(45)39-29-12-8-5-9-13-29)33(26-10-6-4-7-11-26)36(27-14-16-28(38)17-15-27)40(35)20-18-30(42)22-31(43)23-32(44)48-21-19-25(3)49-41(46)47/h4-17,24-25,30-31,42-43H,18-23H2,1-3H3,(H,39,45)/t25?,30-,31-/m1/s1. The van der Waals surface area contributed by atoms with Crippen LogP contribution in [0.25, 0.3) is 22.4 Å². The first kappa shape index (κ1) is 36.8. The Balaban J connectivity index is 1.63. The highest BCUT2D eigenvalue weighted by Gasteiger charge is 2.31. The highest BCUT2D eigenvalue weighted by atomic mass is 19.1. The van der Waals surface area contributed by atoms with Gasteiger partial charge in [-0.1, -0.05) is 62.4 Å². The molecular formula is C37H42FN3O8. The molecule has 0 spiro atoms. The minimum Gasteiger partial charge on any atom is -0.466 e. The van der Waals surface area contributed by atoms with Crippen LogP contribution in [-0.2, 0) is 20.9 Å². The Bertz CT molecular complexity index is 1690. The Hall–Kier alpha value is -5.07. The van der Waals surface area contributed by atoms with E-state index in [4.69, 9.17) is 4.74 Å². The van der Waals surface area contributed by atoms with E-state index in [9.17, 15) is 34.3 Å². The molecule has 1 amide bonds. The van der Waals surface area contributed by atoms with Crippen LogP contribution < -0.4 is 5.32 Å². The fourth-order valence-corrected chi connectivity index (χ4v) is 5.79. The normalized spacial score (nSPS) is 13.0. The number of aliphatic hydroxyl groups excluding tert-OH is 2. The van der Waals surface area contributed by atoms with E-state index in [2.05, 4.69) is 10.2 Å². The summed E-state index contributed by atoms with van der Waals surface area (Å²) in [5, 5.41) is 34.1. The molecule has 49 heavy (non-hydrogen) atoms. The molecule has 1 aromatic heterocycles. The van der Waals surface area contributed by atoms with Gasteiger partial charge in [-0.15, -0.1) is 10.1 Å². The van der Waals surface area contributed by atoms with Crippen LogP contribution in [0.4, 0.5) is 10.1 Å². The smallest absolute Gasteiger partial charge is 0.308 e. The van der Waals surface area contributed by atoms with Crippen molar-refractivity contribution in [2.24, 2.45) is 0 Å². The summed E-state index contributed by atoms with van der Waals surface area (Å²) in [5.41, 5.74) is 4.61. The average Bonchev–Trinajstić information content (AvgIpc) is 3.40. The molecule has 3 atom stereocenters. The Morgan fingerprint density at radius 1 is 0.898 bits per heavy atom. The van der Waals surface area contributed by atoms with Gasteiger partial charge in [0.25, 0.3) is 11.0 Å². The van der Waals surface area contributed by atoms with Crippen molar-refractivity contribution in [1.29, 1.82) is 0 Å². The molecule has 0 saturated heterocycles. The number of hydrogen-bond acceptors (Lipinski definition) is 8. The van der Waals surface area contributed by atoms with Gasteiger partial charge in [-0.05, 0) is 73.2 Å². The van der Waals surface area contributed by atoms with Crippen LogP contribution in [0, 0.1) is 15.9 Å². The Morgan fingerprint density at radius 2 is 1.53 bits per heavy atom. The van der Waals surface area contributed by atoms with E-state index in [1.54, 1.807) is 24.3 Å². The molecule has 4 aromatic rings. The van der Waals surface area contributed by atoms with Crippen LogP contribution in [-0.4, -0.2) is 56.7 Å². The summed E-state index contributed by atoms with van der Waals surface area (Å²) < 4.78 is 21.2. The van der Waals surface area contributed by atoms with Gasteiger partial charge < -0.3 is 29.7 Å². The quantitative estimate of drug-likeness (QED) is 0.0631. The van der Waals surface area contributed by atoms with Crippen LogP contribution in [0.15, 0.2) is 84.9 Å². The van der Waals surface area contributed by atoms with Crippen molar-refractivity contribution in [1.82, 2.24) is 4.57 Å². The molecule has 3 aromatic carbocycles. The average molecular weight is 676 g/mol. The lowest BCUT2D eigenvalue weighted by atomic mass is 9.94. The van der Waals surface area contributed by atoms with Crippen LogP contribution in [0.5, 0.6) is 0 Å². The number of carbonyl (C=O) groups excluding carboxylic acids is 2. The van der Waals surface area contributed by atoms with Gasteiger partial charge in [-0.3, -0.25) is 9.59 Å². The lowest BCUT2D eigenvalue weighted by Crippen LogP contribution is -2.24. The molecular weight excluding hydrogens is 633 g/mol. The summed E-state index contributed by atoms with van der Waals surface area (Å²) in [5.74, 6) is -1.58. The highest BCUT2D eigenvalue weighted by molar-refractivity contribution is 6.12. The third-order valence-electron chi connectivity index (χ3n) is 7.98. The van der Waals surface area contributed by atoms with E-state index in [-0.39, 0.29) is 50.7 Å². The van der Waals surface area contributed by atoms with E-state index >= 15 is 0 Å². The molecule has 0 radical (unpaired) electrons. The van der Waals surface area contributed by atoms with Gasteiger partial charge in [0.1, 0.15) is 11.9 Å². The van der Waals surface area contributed by atoms with Gasteiger partial charge in [0.2, 0.25) is 0 Å². The van der Waals surface area contributed by atoms with Crippen molar-refractivity contribution < 1.29 is 38.9 Å². The number of nitrogens with zero attached hydrogens (tertiary/aromatic N) is 2. The number of aliphatic hydroxyl groups is 2. The lowest BCUT2D eigenvalue weighted by molar-refractivity contribution is -0.767. The van der Waals surface area contributed by atoms with Gasteiger partial charge in [0.15, 0.2) is 0 Å². The number of esters is 1. The summed E-state index contributed by atoms with van der Waals surface area (Å²) in [6.45, 7) is 5.55. The first-order valence-electron chi connectivity index (χ1n) is 16.2. The predicted molar refractivity (Wildman–Crippen MR) is 183 cm³/mol. The maximum Gasteiger partial charge on any atom is 0.308 e. The molecule has 260 valence electrons. The number of para-hydroxylation sites is 1. The number of nitrogens with one attached hydrogen (secondary N) is 1.